The van der Waals surface area contributed by atoms with Gasteiger partial charge in [0, 0.05) is 5.92 Å². The Balaban J connectivity index is 1.99. The van der Waals surface area contributed by atoms with Gasteiger partial charge in [-0.15, -0.1) is 0 Å². The van der Waals surface area contributed by atoms with E-state index >= 15 is 0 Å². The van der Waals surface area contributed by atoms with Gasteiger partial charge in [-0.2, -0.15) is 0 Å². The van der Waals surface area contributed by atoms with Crippen molar-refractivity contribution in [2.45, 2.75) is 24.7 Å². The van der Waals surface area contributed by atoms with Crippen LogP contribution in [0.1, 0.15) is 29.0 Å². The van der Waals surface area contributed by atoms with Crippen LogP contribution in [0.25, 0.3) is 0 Å². The minimum atomic E-state index is -0.726. The van der Waals surface area contributed by atoms with E-state index < -0.39 is 11.4 Å². The lowest BCUT2D eigenvalue weighted by molar-refractivity contribution is -0.140. The molecule has 0 radical (unpaired) electrons. The van der Waals surface area contributed by atoms with Crippen LogP contribution in [0.2, 0.25) is 0 Å². The molecule has 3 rings (SSSR count). The average Bonchev–Trinajstić information content (AvgIpc) is 3.17. The summed E-state index contributed by atoms with van der Waals surface area (Å²) in [5, 5.41) is 9.64. The number of carbonyl (C=O) groups is 1. The van der Waals surface area contributed by atoms with E-state index in [9.17, 15) is 9.90 Å². The SMILES string of the molecule is Cc1ccc([C@H]2C[C@]2(C(=O)O)c2ccccc2)cc1. The Morgan fingerprint density at radius 1 is 1.11 bits per heavy atom. The Morgan fingerprint density at radius 3 is 2.32 bits per heavy atom. The fraction of sp³-hybridized carbons (Fsp3) is 0.235. The molecular weight excluding hydrogens is 236 g/mol. The molecule has 0 spiro atoms. The third-order valence-corrected chi connectivity index (χ3v) is 4.11. The van der Waals surface area contributed by atoms with Gasteiger partial charge in [0.25, 0.3) is 0 Å². The van der Waals surface area contributed by atoms with Crippen LogP contribution in [0.5, 0.6) is 0 Å². The molecule has 2 aromatic rings. The second-order valence-corrected chi connectivity index (χ2v) is 5.31. The molecule has 0 amide bonds. The van der Waals surface area contributed by atoms with Crippen LogP contribution in [0.3, 0.4) is 0 Å². The van der Waals surface area contributed by atoms with Gasteiger partial charge in [-0.05, 0) is 24.5 Å². The maximum absolute atomic E-state index is 11.7. The van der Waals surface area contributed by atoms with Crippen LogP contribution < -0.4 is 0 Å². The molecular formula is C17H16O2. The summed E-state index contributed by atoms with van der Waals surface area (Å²) in [6.45, 7) is 2.04. The standard InChI is InChI=1S/C17H16O2/c1-12-7-9-13(10-8-12)15-11-17(15,16(18)19)14-5-3-2-4-6-14/h2-10,15H,11H2,1H3,(H,18,19)/t15-,17+/m1/s1. The molecule has 1 N–H and O–H groups in total. The first kappa shape index (κ1) is 12.0. The highest BCUT2D eigenvalue weighted by Gasteiger charge is 2.61. The van der Waals surface area contributed by atoms with Crippen molar-refractivity contribution in [2.24, 2.45) is 0 Å². The van der Waals surface area contributed by atoms with Gasteiger partial charge < -0.3 is 5.11 Å². The zero-order valence-electron chi connectivity index (χ0n) is 10.8. The highest BCUT2D eigenvalue weighted by Crippen LogP contribution is 2.60. The van der Waals surface area contributed by atoms with Gasteiger partial charge in [0.15, 0.2) is 0 Å². The van der Waals surface area contributed by atoms with Crippen molar-refractivity contribution in [3.05, 3.63) is 71.3 Å². The Labute approximate surface area is 112 Å². The minimum Gasteiger partial charge on any atom is -0.481 e. The lowest BCUT2D eigenvalue weighted by Gasteiger charge is -2.13. The number of hydrogen-bond donors (Lipinski definition) is 1. The van der Waals surface area contributed by atoms with E-state index in [1.54, 1.807) is 0 Å². The lowest BCUT2D eigenvalue weighted by atomic mass is 9.91. The molecule has 0 saturated heterocycles. The molecule has 0 aliphatic heterocycles. The number of carboxylic acids is 1. The zero-order chi connectivity index (χ0) is 13.5. The molecule has 0 unspecified atom stereocenters. The predicted octanol–water partition coefficient (Wildman–Crippen LogP) is 3.50. The van der Waals surface area contributed by atoms with Crippen molar-refractivity contribution >= 4 is 5.97 Å². The highest BCUT2D eigenvalue weighted by atomic mass is 16.4. The van der Waals surface area contributed by atoms with E-state index in [2.05, 4.69) is 0 Å². The third-order valence-electron chi connectivity index (χ3n) is 4.11. The summed E-state index contributed by atoms with van der Waals surface area (Å²) >= 11 is 0. The molecule has 1 aliphatic rings. The number of hydrogen-bond acceptors (Lipinski definition) is 1. The number of aryl methyl sites for hydroxylation is 1. The van der Waals surface area contributed by atoms with Crippen LogP contribution in [-0.4, -0.2) is 11.1 Å². The van der Waals surface area contributed by atoms with Gasteiger partial charge >= 0.3 is 5.97 Å². The number of rotatable bonds is 3. The molecule has 0 heterocycles. The number of aliphatic carboxylic acids is 1. The third kappa shape index (κ3) is 1.84. The fourth-order valence-corrected chi connectivity index (χ4v) is 2.88. The molecule has 1 saturated carbocycles. The number of benzene rings is 2. The van der Waals surface area contributed by atoms with Crippen LogP contribution in [-0.2, 0) is 10.2 Å². The Hall–Kier alpha value is -2.09. The lowest BCUT2D eigenvalue weighted by Crippen LogP contribution is -2.21. The monoisotopic (exact) mass is 252 g/mol. The summed E-state index contributed by atoms with van der Waals surface area (Å²) in [6, 6.07) is 17.8. The molecule has 2 atom stereocenters. The van der Waals surface area contributed by atoms with Gasteiger partial charge in [0.1, 0.15) is 5.41 Å². The first-order valence-electron chi connectivity index (χ1n) is 6.50. The van der Waals surface area contributed by atoms with Crippen molar-refractivity contribution in [1.82, 2.24) is 0 Å². The quantitative estimate of drug-likeness (QED) is 0.907. The van der Waals surface area contributed by atoms with E-state index in [0.29, 0.717) is 6.42 Å². The molecule has 1 fully saturated rings. The summed E-state index contributed by atoms with van der Waals surface area (Å²) in [4.78, 5) is 11.7. The van der Waals surface area contributed by atoms with Crippen molar-refractivity contribution in [3.8, 4) is 0 Å². The van der Waals surface area contributed by atoms with Crippen LogP contribution in [0.4, 0.5) is 0 Å². The largest absolute Gasteiger partial charge is 0.481 e. The molecule has 2 nitrogen and oxygen atoms in total. The minimum absolute atomic E-state index is 0.0907. The van der Waals surface area contributed by atoms with Gasteiger partial charge in [-0.1, -0.05) is 60.2 Å². The normalized spacial score (nSPS) is 25.0. The second kappa shape index (κ2) is 4.23. The average molecular weight is 252 g/mol. The molecule has 96 valence electrons. The van der Waals surface area contributed by atoms with Crippen molar-refractivity contribution in [3.63, 3.8) is 0 Å². The predicted molar refractivity (Wildman–Crippen MR) is 74.3 cm³/mol. The van der Waals surface area contributed by atoms with Crippen molar-refractivity contribution in [2.75, 3.05) is 0 Å². The Morgan fingerprint density at radius 2 is 1.74 bits per heavy atom. The molecule has 19 heavy (non-hydrogen) atoms. The molecule has 0 bridgehead atoms. The van der Waals surface area contributed by atoms with Gasteiger partial charge in [0.2, 0.25) is 0 Å². The first-order valence-corrected chi connectivity index (χ1v) is 6.50. The Bertz CT molecular complexity index is 601. The van der Waals surface area contributed by atoms with E-state index in [1.807, 2.05) is 61.5 Å². The maximum Gasteiger partial charge on any atom is 0.314 e. The van der Waals surface area contributed by atoms with E-state index in [4.69, 9.17) is 0 Å². The summed E-state index contributed by atoms with van der Waals surface area (Å²) in [5.74, 6) is -0.628. The summed E-state index contributed by atoms with van der Waals surface area (Å²) in [5.41, 5.74) is 2.51. The van der Waals surface area contributed by atoms with Gasteiger partial charge in [-0.25, -0.2) is 0 Å². The molecule has 1 aliphatic carbocycles. The topological polar surface area (TPSA) is 37.3 Å². The van der Waals surface area contributed by atoms with E-state index in [-0.39, 0.29) is 5.92 Å². The van der Waals surface area contributed by atoms with Crippen LogP contribution >= 0.6 is 0 Å². The van der Waals surface area contributed by atoms with Crippen LogP contribution in [0, 0.1) is 6.92 Å². The van der Waals surface area contributed by atoms with E-state index in [0.717, 1.165) is 11.1 Å². The highest BCUT2D eigenvalue weighted by molar-refractivity contribution is 5.87. The Kier molecular flexibility index (Phi) is 2.67. The second-order valence-electron chi connectivity index (χ2n) is 5.31. The maximum atomic E-state index is 11.7. The zero-order valence-corrected chi connectivity index (χ0v) is 10.8. The van der Waals surface area contributed by atoms with E-state index in [1.165, 1.54) is 5.56 Å². The van der Waals surface area contributed by atoms with Gasteiger partial charge in [0.05, 0.1) is 0 Å². The molecule has 2 heteroatoms. The summed E-state index contributed by atoms with van der Waals surface area (Å²) < 4.78 is 0. The molecule has 0 aromatic heterocycles. The smallest absolute Gasteiger partial charge is 0.314 e. The van der Waals surface area contributed by atoms with Gasteiger partial charge in [-0.3, -0.25) is 4.79 Å². The number of carboxylic acid groups (broad SMARTS) is 1. The van der Waals surface area contributed by atoms with Crippen molar-refractivity contribution in [1.29, 1.82) is 0 Å². The van der Waals surface area contributed by atoms with Crippen LogP contribution in [0.15, 0.2) is 54.6 Å². The first-order chi connectivity index (χ1) is 9.14. The molecule has 2 aromatic carbocycles. The van der Waals surface area contributed by atoms with Crippen molar-refractivity contribution < 1.29 is 9.90 Å². The fourth-order valence-electron chi connectivity index (χ4n) is 2.88. The summed E-state index contributed by atoms with van der Waals surface area (Å²) in [6.07, 6.45) is 0.690. The summed E-state index contributed by atoms with van der Waals surface area (Å²) in [7, 11) is 0.